The lowest BCUT2D eigenvalue weighted by atomic mass is 10.1. The number of carbonyl (C=O) groups excluding carboxylic acids is 1. The van der Waals surface area contributed by atoms with Crippen LogP contribution >= 0.6 is 0 Å². The molecule has 1 aliphatic heterocycles. The number of aromatic nitrogens is 6. The molecule has 40 heavy (non-hydrogen) atoms. The molecule has 0 spiro atoms. The number of ether oxygens (including phenoxy) is 1. The molecule has 5 heterocycles. The highest BCUT2D eigenvalue weighted by molar-refractivity contribution is 6.08. The molecule has 11 nitrogen and oxygen atoms in total. The molecular weight excluding hydrogens is 513 g/mol. The molecule has 1 fully saturated rings. The minimum atomic E-state index is -0.491. The van der Waals surface area contributed by atoms with Gasteiger partial charge in [0, 0.05) is 36.5 Å². The van der Waals surface area contributed by atoms with Crippen molar-refractivity contribution in [2.75, 3.05) is 37.4 Å². The van der Waals surface area contributed by atoms with Crippen molar-refractivity contribution < 1.29 is 13.9 Å². The molecule has 202 valence electrons. The maximum atomic E-state index is 15.5. The Morgan fingerprint density at radius 2 is 2.00 bits per heavy atom. The van der Waals surface area contributed by atoms with Gasteiger partial charge in [0.1, 0.15) is 35.5 Å². The molecule has 4 aromatic heterocycles. The van der Waals surface area contributed by atoms with Gasteiger partial charge in [-0.05, 0) is 57.8 Å². The first-order valence-corrected chi connectivity index (χ1v) is 12.7. The van der Waals surface area contributed by atoms with Crippen molar-refractivity contribution in [3.05, 3.63) is 78.3 Å². The van der Waals surface area contributed by atoms with Crippen LogP contribution in [-0.2, 0) is 4.79 Å². The SMILES string of the molecule is Cc1c(Oc2ccn3ncnc3c2)ccc(Nc2ncnc3ccc(N4CC/C(=C\CN(C)C)C4=O)nc23)c1F. The van der Waals surface area contributed by atoms with E-state index < -0.39 is 5.82 Å². The van der Waals surface area contributed by atoms with Gasteiger partial charge in [-0.1, -0.05) is 6.08 Å². The second-order valence-electron chi connectivity index (χ2n) is 9.66. The van der Waals surface area contributed by atoms with Crippen LogP contribution in [-0.4, -0.2) is 67.5 Å². The van der Waals surface area contributed by atoms with Crippen LogP contribution in [0.5, 0.6) is 11.5 Å². The normalized spacial score (nSPS) is 14.7. The molecule has 12 heteroatoms. The zero-order valence-corrected chi connectivity index (χ0v) is 22.2. The smallest absolute Gasteiger partial charge is 0.255 e. The number of amides is 1. The van der Waals surface area contributed by atoms with Crippen LogP contribution in [0, 0.1) is 12.7 Å². The summed E-state index contributed by atoms with van der Waals surface area (Å²) >= 11 is 0. The minimum Gasteiger partial charge on any atom is -0.457 e. The molecule has 1 aliphatic rings. The van der Waals surface area contributed by atoms with E-state index in [1.54, 1.807) is 58.9 Å². The number of fused-ring (bicyclic) bond motifs is 2. The lowest BCUT2D eigenvalue weighted by molar-refractivity contribution is -0.114. The molecular formula is C28H26FN9O2. The summed E-state index contributed by atoms with van der Waals surface area (Å²) in [5.41, 5.74) is 2.90. The number of carbonyl (C=O) groups is 1. The van der Waals surface area contributed by atoms with Crippen LogP contribution in [0.3, 0.4) is 0 Å². The first kappa shape index (κ1) is 25.3. The van der Waals surface area contributed by atoms with Gasteiger partial charge in [0.15, 0.2) is 17.3 Å². The average Bonchev–Trinajstić information content (AvgIpc) is 3.57. The molecule has 1 N–H and O–H groups in total. The number of rotatable bonds is 7. The number of hydrogen-bond donors (Lipinski definition) is 1. The Hall–Kier alpha value is -4.97. The van der Waals surface area contributed by atoms with E-state index in [9.17, 15) is 4.79 Å². The lowest BCUT2D eigenvalue weighted by Crippen LogP contribution is -2.25. The Kier molecular flexibility index (Phi) is 6.52. The summed E-state index contributed by atoms with van der Waals surface area (Å²) < 4.78 is 23.1. The summed E-state index contributed by atoms with van der Waals surface area (Å²) in [6, 6.07) is 10.3. The van der Waals surface area contributed by atoms with Crippen LogP contribution < -0.4 is 15.0 Å². The van der Waals surface area contributed by atoms with E-state index in [1.165, 1.54) is 12.7 Å². The van der Waals surface area contributed by atoms with Crippen molar-refractivity contribution in [3.8, 4) is 11.5 Å². The number of nitrogens with zero attached hydrogens (tertiary/aromatic N) is 8. The average molecular weight is 540 g/mol. The summed E-state index contributed by atoms with van der Waals surface area (Å²) in [5.74, 6) is 1.14. The minimum absolute atomic E-state index is 0.0690. The van der Waals surface area contributed by atoms with E-state index in [0.717, 1.165) is 5.57 Å². The highest BCUT2D eigenvalue weighted by atomic mass is 19.1. The van der Waals surface area contributed by atoms with Gasteiger partial charge in [-0.15, -0.1) is 0 Å². The van der Waals surface area contributed by atoms with Crippen molar-refractivity contribution in [2.24, 2.45) is 0 Å². The Bertz CT molecular complexity index is 1780. The summed E-state index contributed by atoms with van der Waals surface area (Å²) in [5, 5.41) is 7.11. The third kappa shape index (κ3) is 4.80. The van der Waals surface area contributed by atoms with E-state index in [0.29, 0.717) is 64.9 Å². The Morgan fingerprint density at radius 3 is 2.85 bits per heavy atom. The fourth-order valence-electron chi connectivity index (χ4n) is 4.48. The molecule has 0 radical (unpaired) electrons. The molecule has 6 rings (SSSR count). The number of anilines is 3. The van der Waals surface area contributed by atoms with Gasteiger partial charge in [-0.2, -0.15) is 5.10 Å². The van der Waals surface area contributed by atoms with Crippen LogP contribution in [0.1, 0.15) is 12.0 Å². The molecule has 0 bridgehead atoms. The third-order valence-electron chi connectivity index (χ3n) is 6.64. The fraction of sp³-hybridized carbons (Fsp3) is 0.214. The Balaban J connectivity index is 1.26. The highest BCUT2D eigenvalue weighted by Crippen LogP contribution is 2.33. The number of pyridine rings is 2. The van der Waals surface area contributed by atoms with Gasteiger partial charge in [0.25, 0.3) is 5.91 Å². The Labute approximate surface area is 229 Å². The van der Waals surface area contributed by atoms with E-state index in [4.69, 9.17) is 9.72 Å². The number of hydrogen-bond acceptors (Lipinski definition) is 9. The predicted octanol–water partition coefficient (Wildman–Crippen LogP) is 4.28. The van der Waals surface area contributed by atoms with E-state index >= 15 is 4.39 Å². The maximum absolute atomic E-state index is 15.5. The molecule has 5 aromatic rings. The number of halogens is 1. The second-order valence-corrected chi connectivity index (χ2v) is 9.66. The van der Waals surface area contributed by atoms with Crippen LogP contribution in [0.25, 0.3) is 16.7 Å². The first-order chi connectivity index (χ1) is 19.4. The molecule has 0 unspecified atom stereocenters. The molecule has 0 atom stereocenters. The maximum Gasteiger partial charge on any atom is 0.255 e. The quantitative estimate of drug-likeness (QED) is 0.303. The van der Waals surface area contributed by atoms with Crippen molar-refractivity contribution >= 4 is 39.9 Å². The topological polar surface area (TPSA) is 114 Å². The van der Waals surface area contributed by atoms with Gasteiger partial charge in [-0.25, -0.2) is 28.8 Å². The summed E-state index contributed by atoms with van der Waals surface area (Å²) in [4.78, 5) is 34.1. The first-order valence-electron chi connectivity index (χ1n) is 12.7. The van der Waals surface area contributed by atoms with Gasteiger partial charge < -0.3 is 15.0 Å². The molecule has 1 amide bonds. The van der Waals surface area contributed by atoms with Crippen LogP contribution in [0.4, 0.5) is 21.7 Å². The van der Waals surface area contributed by atoms with Gasteiger partial charge in [-0.3, -0.25) is 9.69 Å². The van der Waals surface area contributed by atoms with Crippen molar-refractivity contribution in [3.63, 3.8) is 0 Å². The van der Waals surface area contributed by atoms with E-state index in [2.05, 4.69) is 25.4 Å². The molecule has 1 saturated heterocycles. The van der Waals surface area contributed by atoms with E-state index in [1.807, 2.05) is 25.1 Å². The third-order valence-corrected chi connectivity index (χ3v) is 6.64. The van der Waals surface area contributed by atoms with Crippen molar-refractivity contribution in [1.29, 1.82) is 0 Å². The number of benzene rings is 1. The van der Waals surface area contributed by atoms with Crippen LogP contribution in [0.15, 0.2) is 66.9 Å². The Morgan fingerprint density at radius 1 is 1.12 bits per heavy atom. The highest BCUT2D eigenvalue weighted by Gasteiger charge is 2.28. The van der Waals surface area contributed by atoms with E-state index in [-0.39, 0.29) is 11.6 Å². The lowest BCUT2D eigenvalue weighted by Gasteiger charge is -2.16. The van der Waals surface area contributed by atoms with Gasteiger partial charge in [0.2, 0.25) is 0 Å². The standard InChI is InChI=1S/C28H26FN9O2/c1-17-22(40-19-10-13-38-24(14-19)31-16-33-38)6-4-20(25(17)29)34-27-26-21(30-15-32-27)5-7-23(35-26)37-12-9-18(28(37)39)8-11-36(2)3/h4-8,10,13-16H,9,11-12H2,1-3H3,(H,30,32,34)/b18-8+. The zero-order valence-electron chi connectivity index (χ0n) is 22.2. The number of nitrogens with one attached hydrogen (secondary N) is 1. The molecule has 1 aromatic carbocycles. The summed E-state index contributed by atoms with van der Waals surface area (Å²) in [7, 11) is 3.91. The van der Waals surface area contributed by atoms with Crippen molar-refractivity contribution in [2.45, 2.75) is 13.3 Å². The molecule has 0 aliphatic carbocycles. The van der Waals surface area contributed by atoms with Gasteiger partial charge >= 0.3 is 0 Å². The fourth-order valence-corrected chi connectivity index (χ4v) is 4.48. The predicted molar refractivity (Wildman–Crippen MR) is 148 cm³/mol. The van der Waals surface area contributed by atoms with Crippen LogP contribution in [0.2, 0.25) is 0 Å². The largest absolute Gasteiger partial charge is 0.457 e. The second kappa shape index (κ2) is 10.3. The zero-order chi connectivity index (χ0) is 27.8. The monoisotopic (exact) mass is 539 g/mol. The molecule has 0 saturated carbocycles. The van der Waals surface area contributed by atoms with Crippen molar-refractivity contribution in [1.82, 2.24) is 34.4 Å². The number of likely N-dealkylation sites (N-methyl/N-ethyl adjacent to an activating group) is 1. The van der Waals surface area contributed by atoms with Gasteiger partial charge in [0.05, 0.1) is 11.2 Å². The summed E-state index contributed by atoms with van der Waals surface area (Å²) in [6.07, 6.45) is 7.15. The summed E-state index contributed by atoms with van der Waals surface area (Å²) in [6.45, 7) is 2.86.